The summed E-state index contributed by atoms with van der Waals surface area (Å²) in [5.74, 6) is 0.817. The van der Waals surface area contributed by atoms with Crippen LogP contribution in [0.15, 0.2) is 13.6 Å². The molecule has 1 fully saturated rings. The lowest BCUT2D eigenvalue weighted by Gasteiger charge is -2.24. The van der Waals surface area contributed by atoms with Crippen LogP contribution in [0.25, 0.3) is 0 Å². The largest absolute Gasteiger partial charge is 0.310 e. The molecule has 1 unspecified atom stereocenters. The zero-order chi connectivity index (χ0) is 11.5. The smallest absolute Gasteiger partial charge is 0.0758 e. The van der Waals surface area contributed by atoms with Gasteiger partial charge in [-0.1, -0.05) is 19.8 Å². The standard InChI is InChI=1S/C12H17Br2NS/c1-2-15-11(8-5-3-4-6-8)9-7-10(13)16-12(9)14/h7-8,11,15H,2-6H2,1H3. The zero-order valence-electron chi connectivity index (χ0n) is 9.43. The summed E-state index contributed by atoms with van der Waals surface area (Å²) in [6.07, 6.45) is 5.54. The normalized spacial score (nSPS) is 19.2. The quantitative estimate of drug-likeness (QED) is 0.780. The van der Waals surface area contributed by atoms with Crippen molar-refractivity contribution in [1.29, 1.82) is 0 Å². The van der Waals surface area contributed by atoms with Crippen LogP contribution in [-0.4, -0.2) is 6.54 Å². The van der Waals surface area contributed by atoms with E-state index in [1.54, 1.807) is 11.3 Å². The van der Waals surface area contributed by atoms with Gasteiger partial charge in [0.25, 0.3) is 0 Å². The molecule has 1 N–H and O–H groups in total. The first-order valence-corrected chi connectivity index (χ1v) is 8.30. The maximum absolute atomic E-state index is 3.68. The molecular formula is C12H17Br2NS. The van der Waals surface area contributed by atoms with Crippen molar-refractivity contribution in [3.63, 3.8) is 0 Å². The molecule has 0 aliphatic heterocycles. The van der Waals surface area contributed by atoms with E-state index in [1.807, 2.05) is 0 Å². The SMILES string of the molecule is CCNC(c1cc(Br)sc1Br)C1CCCC1. The summed E-state index contributed by atoms with van der Waals surface area (Å²) in [7, 11) is 0. The Morgan fingerprint density at radius 1 is 1.44 bits per heavy atom. The molecule has 1 saturated carbocycles. The number of nitrogens with one attached hydrogen (secondary N) is 1. The van der Waals surface area contributed by atoms with Crippen molar-refractivity contribution in [3.05, 3.63) is 19.2 Å². The summed E-state index contributed by atoms with van der Waals surface area (Å²) < 4.78 is 2.49. The van der Waals surface area contributed by atoms with Gasteiger partial charge in [-0.25, -0.2) is 0 Å². The van der Waals surface area contributed by atoms with Crippen molar-refractivity contribution >= 4 is 43.2 Å². The van der Waals surface area contributed by atoms with E-state index < -0.39 is 0 Å². The van der Waals surface area contributed by atoms with Crippen LogP contribution in [-0.2, 0) is 0 Å². The number of halogens is 2. The number of thiophene rings is 1. The average Bonchev–Trinajstić information content (AvgIpc) is 2.85. The number of hydrogen-bond donors (Lipinski definition) is 1. The van der Waals surface area contributed by atoms with E-state index in [4.69, 9.17) is 0 Å². The molecule has 0 amide bonds. The molecule has 0 bridgehead atoms. The highest BCUT2D eigenvalue weighted by molar-refractivity contribution is 9.12. The second-order valence-corrected chi connectivity index (χ2v) is 8.11. The first-order chi connectivity index (χ1) is 7.72. The highest BCUT2D eigenvalue weighted by Crippen LogP contribution is 2.42. The van der Waals surface area contributed by atoms with Gasteiger partial charge < -0.3 is 5.32 Å². The first-order valence-electron chi connectivity index (χ1n) is 5.90. The van der Waals surface area contributed by atoms with Gasteiger partial charge in [-0.2, -0.15) is 0 Å². The molecule has 4 heteroatoms. The van der Waals surface area contributed by atoms with Crippen molar-refractivity contribution in [2.75, 3.05) is 6.54 Å². The van der Waals surface area contributed by atoms with E-state index in [-0.39, 0.29) is 0 Å². The van der Waals surface area contributed by atoms with Gasteiger partial charge in [-0.05, 0) is 68.8 Å². The summed E-state index contributed by atoms with van der Waals surface area (Å²) in [5.41, 5.74) is 1.44. The molecule has 1 aromatic rings. The Hall–Kier alpha value is 0.620. The molecule has 16 heavy (non-hydrogen) atoms. The van der Waals surface area contributed by atoms with E-state index in [0.29, 0.717) is 6.04 Å². The fourth-order valence-corrected chi connectivity index (χ4v) is 5.54. The summed E-state index contributed by atoms with van der Waals surface area (Å²) in [5, 5.41) is 3.65. The van der Waals surface area contributed by atoms with Crippen LogP contribution in [0.4, 0.5) is 0 Å². The third-order valence-electron chi connectivity index (χ3n) is 3.31. The maximum Gasteiger partial charge on any atom is 0.0758 e. The predicted octanol–water partition coefficient (Wildman–Crippen LogP) is 5.11. The average molecular weight is 367 g/mol. The molecule has 1 atom stereocenters. The lowest BCUT2D eigenvalue weighted by molar-refractivity contribution is 0.374. The molecule has 2 rings (SSSR count). The Balaban J connectivity index is 2.20. The fourth-order valence-electron chi connectivity index (χ4n) is 2.61. The van der Waals surface area contributed by atoms with Gasteiger partial charge in [-0.3, -0.25) is 0 Å². The van der Waals surface area contributed by atoms with Gasteiger partial charge in [-0.15, -0.1) is 11.3 Å². The van der Waals surface area contributed by atoms with Crippen LogP contribution >= 0.6 is 43.2 Å². The fraction of sp³-hybridized carbons (Fsp3) is 0.667. The zero-order valence-corrected chi connectivity index (χ0v) is 13.4. The van der Waals surface area contributed by atoms with Gasteiger partial charge in [0.1, 0.15) is 0 Å². The van der Waals surface area contributed by atoms with Crippen LogP contribution < -0.4 is 5.32 Å². The third kappa shape index (κ3) is 2.89. The molecule has 1 nitrogen and oxygen atoms in total. The van der Waals surface area contributed by atoms with Crippen molar-refractivity contribution < 1.29 is 0 Å². The van der Waals surface area contributed by atoms with Crippen LogP contribution in [0, 0.1) is 5.92 Å². The number of rotatable bonds is 4. The lowest BCUT2D eigenvalue weighted by atomic mass is 9.93. The van der Waals surface area contributed by atoms with Gasteiger partial charge in [0.2, 0.25) is 0 Å². The van der Waals surface area contributed by atoms with E-state index in [9.17, 15) is 0 Å². The Labute approximate surface area is 118 Å². The van der Waals surface area contributed by atoms with E-state index in [2.05, 4.69) is 50.2 Å². The Morgan fingerprint density at radius 2 is 2.12 bits per heavy atom. The molecule has 1 heterocycles. The molecule has 0 aromatic carbocycles. The lowest BCUT2D eigenvalue weighted by Crippen LogP contribution is -2.26. The summed E-state index contributed by atoms with van der Waals surface area (Å²) in [6.45, 7) is 3.23. The van der Waals surface area contributed by atoms with Crippen LogP contribution in [0.5, 0.6) is 0 Å². The minimum atomic E-state index is 0.532. The molecular weight excluding hydrogens is 350 g/mol. The van der Waals surface area contributed by atoms with E-state index >= 15 is 0 Å². The van der Waals surface area contributed by atoms with Gasteiger partial charge >= 0.3 is 0 Å². The Bertz CT molecular complexity index is 345. The van der Waals surface area contributed by atoms with Gasteiger partial charge in [0.15, 0.2) is 0 Å². The molecule has 1 aromatic heterocycles. The van der Waals surface area contributed by atoms with E-state index in [0.717, 1.165) is 12.5 Å². The number of hydrogen-bond acceptors (Lipinski definition) is 2. The molecule has 0 radical (unpaired) electrons. The molecule has 0 saturated heterocycles. The van der Waals surface area contributed by atoms with E-state index in [1.165, 1.54) is 38.8 Å². The first kappa shape index (κ1) is 13.1. The highest BCUT2D eigenvalue weighted by atomic mass is 79.9. The monoisotopic (exact) mass is 365 g/mol. The van der Waals surface area contributed by atoms with Crippen molar-refractivity contribution in [3.8, 4) is 0 Å². The van der Waals surface area contributed by atoms with Crippen molar-refractivity contribution in [2.24, 2.45) is 5.92 Å². The second-order valence-electron chi connectivity index (χ2n) is 4.36. The highest BCUT2D eigenvalue weighted by Gasteiger charge is 2.27. The van der Waals surface area contributed by atoms with Crippen molar-refractivity contribution in [1.82, 2.24) is 5.32 Å². The van der Waals surface area contributed by atoms with Crippen LogP contribution in [0.3, 0.4) is 0 Å². The van der Waals surface area contributed by atoms with Gasteiger partial charge in [0, 0.05) is 6.04 Å². The minimum absolute atomic E-state index is 0.532. The summed E-state index contributed by atoms with van der Waals surface area (Å²) >= 11 is 9.03. The topological polar surface area (TPSA) is 12.0 Å². The molecule has 1 aliphatic carbocycles. The Morgan fingerprint density at radius 3 is 2.62 bits per heavy atom. The minimum Gasteiger partial charge on any atom is -0.310 e. The summed E-state index contributed by atoms with van der Waals surface area (Å²) in [4.78, 5) is 0. The Kier molecular flexibility index (Phi) is 4.89. The third-order valence-corrected chi connectivity index (χ3v) is 5.70. The maximum atomic E-state index is 3.68. The molecule has 0 spiro atoms. The predicted molar refractivity (Wildman–Crippen MR) is 78.1 cm³/mol. The molecule has 90 valence electrons. The molecule has 1 aliphatic rings. The van der Waals surface area contributed by atoms with Gasteiger partial charge in [0.05, 0.1) is 7.57 Å². The van der Waals surface area contributed by atoms with Crippen molar-refractivity contribution in [2.45, 2.75) is 38.6 Å². The summed E-state index contributed by atoms with van der Waals surface area (Å²) in [6, 6.07) is 2.80. The van der Waals surface area contributed by atoms with Crippen LogP contribution in [0.2, 0.25) is 0 Å². The second kappa shape index (κ2) is 5.98. The van der Waals surface area contributed by atoms with Crippen LogP contribution in [0.1, 0.15) is 44.2 Å².